The van der Waals surface area contributed by atoms with Crippen LogP contribution in [0.15, 0.2) is 41.9 Å². The van der Waals surface area contributed by atoms with Crippen LogP contribution in [0.4, 0.5) is 5.13 Å². The van der Waals surface area contributed by atoms with E-state index in [0.717, 1.165) is 6.42 Å². The Hall–Kier alpha value is -1.68. The third-order valence-corrected chi connectivity index (χ3v) is 4.17. The predicted octanol–water partition coefficient (Wildman–Crippen LogP) is 3.84. The molecule has 0 unspecified atom stereocenters. The van der Waals surface area contributed by atoms with Crippen molar-refractivity contribution in [3.63, 3.8) is 0 Å². The standard InChI is InChI=1S/C15H18N2OS/c1-3-15(2,12-7-5-4-6-8-12)11-13(18)17-14-16-9-10-19-14/h4-10H,3,11H2,1-2H3,(H,16,17,18)/t15-/m1/s1. The average Bonchev–Trinajstić information content (AvgIpc) is 2.92. The zero-order valence-corrected chi connectivity index (χ0v) is 12.0. The lowest BCUT2D eigenvalue weighted by molar-refractivity contribution is -0.117. The molecule has 100 valence electrons. The van der Waals surface area contributed by atoms with Crippen LogP contribution in [0.25, 0.3) is 0 Å². The van der Waals surface area contributed by atoms with Crippen molar-refractivity contribution in [1.82, 2.24) is 4.98 Å². The monoisotopic (exact) mass is 274 g/mol. The summed E-state index contributed by atoms with van der Waals surface area (Å²) in [6.07, 6.45) is 3.08. The van der Waals surface area contributed by atoms with Crippen LogP contribution >= 0.6 is 11.3 Å². The van der Waals surface area contributed by atoms with E-state index in [1.54, 1.807) is 6.20 Å². The molecule has 4 heteroatoms. The summed E-state index contributed by atoms with van der Waals surface area (Å²) in [5, 5.41) is 5.37. The fraction of sp³-hybridized carbons (Fsp3) is 0.333. The van der Waals surface area contributed by atoms with Gasteiger partial charge in [0.05, 0.1) is 0 Å². The fourth-order valence-corrected chi connectivity index (χ4v) is 2.62. The van der Waals surface area contributed by atoms with E-state index in [4.69, 9.17) is 0 Å². The number of hydrogen-bond acceptors (Lipinski definition) is 3. The molecule has 0 fully saturated rings. The molecule has 1 N–H and O–H groups in total. The minimum absolute atomic E-state index is 0.0168. The van der Waals surface area contributed by atoms with Gasteiger partial charge in [0, 0.05) is 23.4 Å². The molecule has 0 aliphatic rings. The number of benzene rings is 1. The van der Waals surface area contributed by atoms with Gasteiger partial charge in [-0.3, -0.25) is 4.79 Å². The van der Waals surface area contributed by atoms with Crippen molar-refractivity contribution in [3.05, 3.63) is 47.5 Å². The topological polar surface area (TPSA) is 42.0 Å². The summed E-state index contributed by atoms with van der Waals surface area (Å²) in [4.78, 5) is 16.2. The molecule has 0 aliphatic carbocycles. The third kappa shape index (κ3) is 3.41. The Bertz CT molecular complexity index is 524. The molecule has 2 aromatic rings. The van der Waals surface area contributed by atoms with Crippen molar-refractivity contribution in [2.24, 2.45) is 0 Å². The van der Waals surface area contributed by atoms with E-state index in [2.05, 4.69) is 36.3 Å². The second-order valence-electron chi connectivity index (χ2n) is 4.84. The molecule has 1 heterocycles. The van der Waals surface area contributed by atoms with Gasteiger partial charge < -0.3 is 5.32 Å². The Morgan fingerprint density at radius 3 is 2.68 bits per heavy atom. The Kier molecular flexibility index (Phi) is 4.32. The van der Waals surface area contributed by atoms with Crippen molar-refractivity contribution in [3.8, 4) is 0 Å². The molecular weight excluding hydrogens is 256 g/mol. The first-order valence-electron chi connectivity index (χ1n) is 6.39. The van der Waals surface area contributed by atoms with Crippen LogP contribution in [0.5, 0.6) is 0 Å². The quantitative estimate of drug-likeness (QED) is 0.900. The first kappa shape index (κ1) is 13.7. The summed E-state index contributed by atoms with van der Waals surface area (Å²) < 4.78 is 0. The highest BCUT2D eigenvalue weighted by Crippen LogP contribution is 2.31. The van der Waals surface area contributed by atoms with Gasteiger partial charge in [0.2, 0.25) is 5.91 Å². The zero-order valence-electron chi connectivity index (χ0n) is 11.2. The van der Waals surface area contributed by atoms with E-state index in [9.17, 15) is 4.79 Å². The first-order valence-corrected chi connectivity index (χ1v) is 7.27. The molecule has 1 aromatic carbocycles. The van der Waals surface area contributed by atoms with Crippen LogP contribution in [0.3, 0.4) is 0 Å². The lowest BCUT2D eigenvalue weighted by Crippen LogP contribution is -2.28. The second kappa shape index (κ2) is 5.97. The van der Waals surface area contributed by atoms with Gasteiger partial charge in [0.25, 0.3) is 0 Å². The van der Waals surface area contributed by atoms with E-state index in [1.165, 1.54) is 16.9 Å². The van der Waals surface area contributed by atoms with Crippen LogP contribution in [0, 0.1) is 0 Å². The van der Waals surface area contributed by atoms with E-state index >= 15 is 0 Å². The number of carbonyl (C=O) groups is 1. The molecular formula is C15H18N2OS. The number of amides is 1. The molecule has 19 heavy (non-hydrogen) atoms. The smallest absolute Gasteiger partial charge is 0.227 e. The number of thiazole rings is 1. The highest BCUT2D eigenvalue weighted by atomic mass is 32.1. The Labute approximate surface area is 117 Å². The van der Waals surface area contributed by atoms with Gasteiger partial charge in [0.15, 0.2) is 5.13 Å². The number of nitrogens with zero attached hydrogens (tertiary/aromatic N) is 1. The molecule has 0 aliphatic heterocycles. The second-order valence-corrected chi connectivity index (χ2v) is 5.74. The highest BCUT2D eigenvalue weighted by molar-refractivity contribution is 7.13. The molecule has 1 amide bonds. The maximum absolute atomic E-state index is 12.1. The Morgan fingerprint density at radius 2 is 2.11 bits per heavy atom. The number of hydrogen-bond donors (Lipinski definition) is 1. The van der Waals surface area contributed by atoms with Gasteiger partial charge in [-0.2, -0.15) is 0 Å². The maximum atomic E-state index is 12.1. The number of nitrogens with one attached hydrogen (secondary N) is 1. The van der Waals surface area contributed by atoms with E-state index in [0.29, 0.717) is 11.6 Å². The normalized spacial score (nSPS) is 13.8. The van der Waals surface area contributed by atoms with E-state index in [-0.39, 0.29) is 11.3 Å². The molecule has 2 rings (SSSR count). The van der Waals surface area contributed by atoms with Crippen LogP contribution in [0.2, 0.25) is 0 Å². The third-order valence-electron chi connectivity index (χ3n) is 3.48. The lowest BCUT2D eigenvalue weighted by Gasteiger charge is -2.28. The van der Waals surface area contributed by atoms with Gasteiger partial charge in [-0.15, -0.1) is 11.3 Å². The molecule has 0 saturated heterocycles. The van der Waals surface area contributed by atoms with Crippen LogP contribution < -0.4 is 5.32 Å². The summed E-state index contributed by atoms with van der Waals surface area (Å²) in [6.45, 7) is 4.24. The molecule has 0 radical (unpaired) electrons. The molecule has 0 spiro atoms. The molecule has 1 atom stereocenters. The minimum atomic E-state index is -0.136. The zero-order chi connectivity index (χ0) is 13.7. The molecule has 3 nitrogen and oxygen atoms in total. The summed E-state index contributed by atoms with van der Waals surface area (Å²) in [5.74, 6) is 0.0168. The first-order chi connectivity index (χ1) is 9.14. The minimum Gasteiger partial charge on any atom is -0.302 e. The lowest BCUT2D eigenvalue weighted by atomic mass is 9.77. The largest absolute Gasteiger partial charge is 0.302 e. The summed E-state index contributed by atoms with van der Waals surface area (Å²) in [7, 11) is 0. The highest BCUT2D eigenvalue weighted by Gasteiger charge is 2.27. The Balaban J connectivity index is 2.08. The van der Waals surface area contributed by atoms with Crippen LogP contribution in [-0.2, 0) is 10.2 Å². The van der Waals surface area contributed by atoms with Crippen molar-refractivity contribution >= 4 is 22.4 Å². The van der Waals surface area contributed by atoms with Gasteiger partial charge in [-0.25, -0.2) is 4.98 Å². The SMILES string of the molecule is CC[C@](C)(CC(=O)Nc1nccs1)c1ccccc1. The van der Waals surface area contributed by atoms with E-state index in [1.807, 2.05) is 23.6 Å². The van der Waals surface area contributed by atoms with Crippen molar-refractivity contribution in [2.45, 2.75) is 32.1 Å². The van der Waals surface area contributed by atoms with Gasteiger partial charge in [-0.1, -0.05) is 44.2 Å². The summed E-state index contributed by atoms with van der Waals surface area (Å²) in [6, 6.07) is 10.2. The average molecular weight is 274 g/mol. The van der Waals surface area contributed by atoms with Gasteiger partial charge >= 0.3 is 0 Å². The van der Waals surface area contributed by atoms with Crippen LogP contribution in [-0.4, -0.2) is 10.9 Å². The van der Waals surface area contributed by atoms with Crippen molar-refractivity contribution in [2.75, 3.05) is 5.32 Å². The molecule has 1 aromatic heterocycles. The predicted molar refractivity (Wildman–Crippen MR) is 79.4 cm³/mol. The number of carbonyl (C=O) groups excluding carboxylic acids is 1. The molecule has 0 saturated carbocycles. The number of anilines is 1. The van der Waals surface area contributed by atoms with Crippen molar-refractivity contribution < 1.29 is 4.79 Å². The Morgan fingerprint density at radius 1 is 1.37 bits per heavy atom. The molecule has 0 bridgehead atoms. The van der Waals surface area contributed by atoms with Gasteiger partial charge in [-0.05, 0) is 12.0 Å². The fourth-order valence-electron chi connectivity index (χ4n) is 2.07. The van der Waals surface area contributed by atoms with Crippen LogP contribution in [0.1, 0.15) is 32.3 Å². The van der Waals surface area contributed by atoms with E-state index < -0.39 is 0 Å². The maximum Gasteiger partial charge on any atom is 0.227 e. The summed E-state index contributed by atoms with van der Waals surface area (Å²) in [5.41, 5.74) is 1.06. The van der Waals surface area contributed by atoms with Gasteiger partial charge in [0.1, 0.15) is 0 Å². The summed E-state index contributed by atoms with van der Waals surface area (Å²) >= 11 is 1.44. The van der Waals surface area contributed by atoms with Crippen molar-refractivity contribution in [1.29, 1.82) is 0 Å². The number of rotatable bonds is 5. The number of aromatic nitrogens is 1.